The minimum absolute atomic E-state index is 0.227. The van der Waals surface area contributed by atoms with E-state index in [0.717, 1.165) is 13.1 Å². The first-order chi connectivity index (χ1) is 8.15. The van der Waals surface area contributed by atoms with Gasteiger partial charge >= 0.3 is 6.09 Å². The number of hydrogen-bond acceptors (Lipinski definition) is 2. The van der Waals surface area contributed by atoms with E-state index in [1.165, 1.54) is 6.42 Å². The van der Waals surface area contributed by atoms with E-state index in [0.29, 0.717) is 17.6 Å². The molecule has 0 aliphatic carbocycles. The van der Waals surface area contributed by atoms with Gasteiger partial charge in [-0.05, 0) is 30.4 Å². The Bertz CT molecular complexity index is 367. The number of ether oxygens (including phenoxy) is 1. The zero-order chi connectivity index (χ0) is 12.3. The first kappa shape index (κ1) is 12.0. The molecule has 0 aromatic heterocycles. The highest BCUT2D eigenvalue weighted by Gasteiger charge is 2.26. The molecule has 0 radical (unpaired) electrons. The van der Waals surface area contributed by atoms with Crippen molar-refractivity contribution in [2.75, 3.05) is 13.1 Å². The topological polar surface area (TPSA) is 29.5 Å². The van der Waals surface area contributed by atoms with E-state index < -0.39 is 0 Å². The van der Waals surface area contributed by atoms with Gasteiger partial charge in [0.05, 0.1) is 0 Å². The second-order valence-electron chi connectivity index (χ2n) is 5.03. The highest BCUT2D eigenvalue weighted by Crippen LogP contribution is 2.22. The highest BCUT2D eigenvalue weighted by molar-refractivity contribution is 5.70. The minimum Gasteiger partial charge on any atom is -0.410 e. The smallest absolute Gasteiger partial charge is 0.410 e. The molecule has 1 aliphatic heterocycles. The summed E-state index contributed by atoms with van der Waals surface area (Å²) in [5, 5.41) is 0. The summed E-state index contributed by atoms with van der Waals surface area (Å²) >= 11 is 0. The monoisotopic (exact) mass is 233 g/mol. The van der Waals surface area contributed by atoms with Crippen LogP contribution in [0.4, 0.5) is 4.79 Å². The van der Waals surface area contributed by atoms with Gasteiger partial charge < -0.3 is 9.64 Å². The van der Waals surface area contributed by atoms with E-state index in [1.54, 1.807) is 12.1 Å². The predicted octanol–water partition coefficient (Wildman–Crippen LogP) is 3.16. The molecule has 3 heteroatoms. The van der Waals surface area contributed by atoms with Crippen molar-refractivity contribution in [3.8, 4) is 5.75 Å². The van der Waals surface area contributed by atoms with Gasteiger partial charge in [0, 0.05) is 13.1 Å². The van der Waals surface area contributed by atoms with Crippen molar-refractivity contribution in [1.29, 1.82) is 0 Å². The first-order valence-electron chi connectivity index (χ1n) is 6.17. The third-order valence-electron chi connectivity index (χ3n) is 3.08. The van der Waals surface area contributed by atoms with Crippen LogP contribution in [0.2, 0.25) is 0 Å². The average molecular weight is 233 g/mol. The van der Waals surface area contributed by atoms with Crippen molar-refractivity contribution in [1.82, 2.24) is 4.90 Å². The van der Waals surface area contributed by atoms with Crippen LogP contribution in [0.25, 0.3) is 0 Å². The molecule has 1 fully saturated rings. The number of benzene rings is 1. The fraction of sp³-hybridized carbons (Fsp3) is 0.500. The summed E-state index contributed by atoms with van der Waals surface area (Å²) in [5.41, 5.74) is 0. The van der Waals surface area contributed by atoms with Crippen molar-refractivity contribution in [2.24, 2.45) is 11.8 Å². The first-order valence-corrected chi connectivity index (χ1v) is 6.17. The second kappa shape index (κ2) is 5.21. The van der Waals surface area contributed by atoms with Gasteiger partial charge in [0.25, 0.3) is 0 Å². The van der Waals surface area contributed by atoms with E-state index in [-0.39, 0.29) is 6.09 Å². The zero-order valence-electron chi connectivity index (χ0n) is 10.4. The SMILES string of the molecule is C[C@H]1C[C@H](C)CN(C(=O)Oc2ccccc2)C1. The molecule has 1 amide bonds. The lowest BCUT2D eigenvalue weighted by Gasteiger charge is -2.34. The number of rotatable bonds is 1. The van der Waals surface area contributed by atoms with E-state index in [1.807, 2.05) is 23.1 Å². The maximum absolute atomic E-state index is 12.0. The van der Waals surface area contributed by atoms with E-state index in [4.69, 9.17) is 4.74 Å². The number of piperidine rings is 1. The Hall–Kier alpha value is -1.51. The van der Waals surface area contributed by atoms with Crippen molar-refractivity contribution >= 4 is 6.09 Å². The predicted molar refractivity (Wildman–Crippen MR) is 67.0 cm³/mol. The number of hydrogen-bond donors (Lipinski definition) is 0. The number of nitrogens with zero attached hydrogens (tertiary/aromatic N) is 1. The Morgan fingerprint density at radius 3 is 2.35 bits per heavy atom. The molecule has 1 heterocycles. The Labute approximate surface area is 102 Å². The molecule has 0 unspecified atom stereocenters. The van der Waals surface area contributed by atoms with Crippen LogP contribution in [-0.2, 0) is 0 Å². The Balaban J connectivity index is 1.96. The van der Waals surface area contributed by atoms with Gasteiger partial charge in [0.2, 0.25) is 0 Å². The third kappa shape index (κ3) is 3.22. The van der Waals surface area contributed by atoms with E-state index in [9.17, 15) is 4.79 Å². The quantitative estimate of drug-likeness (QED) is 0.745. The summed E-state index contributed by atoms with van der Waals surface area (Å²) in [6, 6.07) is 9.24. The summed E-state index contributed by atoms with van der Waals surface area (Å²) in [7, 11) is 0. The van der Waals surface area contributed by atoms with Crippen LogP contribution in [0.15, 0.2) is 30.3 Å². The number of carbonyl (C=O) groups is 1. The van der Waals surface area contributed by atoms with Crippen LogP contribution in [0, 0.1) is 11.8 Å². The van der Waals surface area contributed by atoms with Gasteiger partial charge in [-0.2, -0.15) is 0 Å². The van der Waals surface area contributed by atoms with E-state index >= 15 is 0 Å². The van der Waals surface area contributed by atoms with Gasteiger partial charge in [0.15, 0.2) is 0 Å². The average Bonchev–Trinajstić information content (AvgIpc) is 2.29. The lowest BCUT2D eigenvalue weighted by Crippen LogP contribution is -2.43. The number of carbonyl (C=O) groups excluding carboxylic acids is 1. The molecule has 17 heavy (non-hydrogen) atoms. The van der Waals surface area contributed by atoms with Crippen molar-refractivity contribution < 1.29 is 9.53 Å². The minimum atomic E-state index is -0.227. The molecule has 1 saturated heterocycles. The van der Waals surface area contributed by atoms with Crippen molar-refractivity contribution in [2.45, 2.75) is 20.3 Å². The number of amides is 1. The van der Waals surface area contributed by atoms with Crippen LogP contribution >= 0.6 is 0 Å². The molecule has 3 nitrogen and oxygen atoms in total. The second-order valence-corrected chi connectivity index (χ2v) is 5.03. The standard InChI is InChI=1S/C14H19NO2/c1-11-8-12(2)10-15(9-11)14(16)17-13-6-4-3-5-7-13/h3-7,11-12H,8-10H2,1-2H3/t11-,12-/m0/s1. The van der Waals surface area contributed by atoms with Gasteiger partial charge in [-0.15, -0.1) is 0 Å². The van der Waals surface area contributed by atoms with Gasteiger partial charge in [0.1, 0.15) is 5.75 Å². The summed E-state index contributed by atoms with van der Waals surface area (Å²) < 4.78 is 5.34. The lowest BCUT2D eigenvalue weighted by molar-refractivity contribution is 0.112. The lowest BCUT2D eigenvalue weighted by atomic mass is 9.92. The number of para-hydroxylation sites is 1. The molecule has 0 spiro atoms. The molecular formula is C14H19NO2. The molecule has 2 rings (SSSR count). The molecule has 0 saturated carbocycles. The summed E-state index contributed by atoms with van der Waals surface area (Å²) in [6.07, 6.45) is 0.962. The maximum atomic E-state index is 12.0. The fourth-order valence-electron chi connectivity index (χ4n) is 2.47. The Kier molecular flexibility index (Phi) is 3.67. The highest BCUT2D eigenvalue weighted by atomic mass is 16.6. The number of likely N-dealkylation sites (tertiary alicyclic amines) is 1. The van der Waals surface area contributed by atoms with Gasteiger partial charge in [-0.3, -0.25) is 0 Å². The summed E-state index contributed by atoms with van der Waals surface area (Å²) in [4.78, 5) is 13.8. The summed E-state index contributed by atoms with van der Waals surface area (Å²) in [6.45, 7) is 5.96. The van der Waals surface area contributed by atoms with Crippen molar-refractivity contribution in [3.63, 3.8) is 0 Å². The molecule has 1 aromatic rings. The van der Waals surface area contributed by atoms with Crippen molar-refractivity contribution in [3.05, 3.63) is 30.3 Å². The normalized spacial score (nSPS) is 24.5. The van der Waals surface area contributed by atoms with Crippen LogP contribution in [0.1, 0.15) is 20.3 Å². The van der Waals surface area contributed by atoms with E-state index in [2.05, 4.69) is 13.8 Å². The van der Waals surface area contributed by atoms with Crippen LogP contribution in [0.3, 0.4) is 0 Å². The van der Waals surface area contributed by atoms with Crippen LogP contribution < -0.4 is 4.74 Å². The molecule has 92 valence electrons. The molecule has 0 bridgehead atoms. The molecular weight excluding hydrogens is 214 g/mol. The molecule has 1 aromatic carbocycles. The maximum Gasteiger partial charge on any atom is 0.415 e. The molecule has 2 atom stereocenters. The fourth-order valence-corrected chi connectivity index (χ4v) is 2.47. The Morgan fingerprint density at radius 1 is 1.18 bits per heavy atom. The largest absolute Gasteiger partial charge is 0.415 e. The van der Waals surface area contributed by atoms with Crippen LogP contribution in [-0.4, -0.2) is 24.1 Å². The Morgan fingerprint density at radius 2 is 1.76 bits per heavy atom. The third-order valence-corrected chi connectivity index (χ3v) is 3.08. The van der Waals surface area contributed by atoms with Gasteiger partial charge in [-0.1, -0.05) is 32.0 Å². The summed E-state index contributed by atoms with van der Waals surface area (Å²) in [5.74, 6) is 1.73. The molecule has 0 N–H and O–H groups in total. The zero-order valence-corrected chi connectivity index (χ0v) is 10.4. The van der Waals surface area contributed by atoms with Crippen LogP contribution in [0.5, 0.6) is 5.75 Å². The molecule has 1 aliphatic rings. The van der Waals surface area contributed by atoms with Gasteiger partial charge in [-0.25, -0.2) is 4.79 Å².